The molecule has 30 heavy (non-hydrogen) atoms. The summed E-state index contributed by atoms with van der Waals surface area (Å²) in [7, 11) is 3.18. The van der Waals surface area contributed by atoms with Crippen molar-refractivity contribution < 1.29 is 33.6 Å². The van der Waals surface area contributed by atoms with Crippen molar-refractivity contribution in [3.05, 3.63) is 47.5 Å². The topological polar surface area (TPSA) is 83.5 Å². The number of aliphatic hydroxyl groups excluding tert-OH is 1. The van der Waals surface area contributed by atoms with Crippen LogP contribution in [-0.2, 0) is 22.4 Å². The lowest BCUT2D eigenvalue weighted by atomic mass is 9.83. The molecule has 0 saturated carbocycles. The molecule has 0 aromatic heterocycles. The van der Waals surface area contributed by atoms with Gasteiger partial charge < -0.3 is 28.8 Å². The highest BCUT2D eigenvalue weighted by molar-refractivity contribution is 5.65. The molecule has 1 heterocycles. The molecule has 2 atom stereocenters. The number of esters is 1. The van der Waals surface area contributed by atoms with E-state index in [-0.39, 0.29) is 37.8 Å². The predicted molar refractivity (Wildman–Crippen MR) is 110 cm³/mol. The predicted octanol–water partition coefficient (Wildman–Crippen LogP) is 3.01. The number of hydrogen-bond acceptors (Lipinski definition) is 7. The van der Waals surface area contributed by atoms with Crippen LogP contribution in [0.1, 0.15) is 18.1 Å². The first-order valence-electron chi connectivity index (χ1n) is 9.87. The van der Waals surface area contributed by atoms with Gasteiger partial charge in [-0.25, -0.2) is 0 Å². The summed E-state index contributed by atoms with van der Waals surface area (Å²) in [6.45, 7) is 1.79. The van der Waals surface area contributed by atoms with E-state index in [0.717, 1.165) is 16.9 Å². The second kappa shape index (κ2) is 10.2. The van der Waals surface area contributed by atoms with E-state index in [4.69, 9.17) is 23.7 Å². The zero-order valence-electron chi connectivity index (χ0n) is 17.6. The molecule has 7 nitrogen and oxygen atoms in total. The number of aliphatic hydroxyl groups is 1. The van der Waals surface area contributed by atoms with E-state index >= 15 is 0 Å². The van der Waals surface area contributed by atoms with Crippen LogP contribution in [0.3, 0.4) is 0 Å². The minimum atomic E-state index is -0.341. The van der Waals surface area contributed by atoms with Gasteiger partial charge in [0.1, 0.15) is 0 Å². The summed E-state index contributed by atoms with van der Waals surface area (Å²) < 4.78 is 26.8. The van der Waals surface area contributed by atoms with Gasteiger partial charge in [0.05, 0.1) is 20.8 Å². The van der Waals surface area contributed by atoms with Crippen LogP contribution < -0.4 is 18.9 Å². The van der Waals surface area contributed by atoms with Gasteiger partial charge in [0.15, 0.2) is 23.0 Å². The first kappa shape index (κ1) is 21.8. The lowest BCUT2D eigenvalue weighted by Gasteiger charge is -2.26. The maximum Gasteiger partial charge on any atom is 0.302 e. The fourth-order valence-electron chi connectivity index (χ4n) is 3.65. The van der Waals surface area contributed by atoms with Crippen molar-refractivity contribution >= 4 is 5.97 Å². The second-order valence-corrected chi connectivity index (χ2v) is 7.29. The third kappa shape index (κ3) is 5.36. The van der Waals surface area contributed by atoms with Crippen LogP contribution in [0.5, 0.6) is 23.0 Å². The van der Waals surface area contributed by atoms with Crippen LogP contribution in [0, 0.1) is 11.8 Å². The van der Waals surface area contributed by atoms with E-state index in [1.807, 2.05) is 36.4 Å². The van der Waals surface area contributed by atoms with Crippen molar-refractivity contribution in [3.63, 3.8) is 0 Å². The van der Waals surface area contributed by atoms with E-state index in [0.29, 0.717) is 30.1 Å². The molecule has 0 fully saturated rings. The first-order chi connectivity index (χ1) is 14.5. The Labute approximate surface area is 176 Å². The van der Waals surface area contributed by atoms with Crippen molar-refractivity contribution in [1.29, 1.82) is 0 Å². The van der Waals surface area contributed by atoms with E-state index < -0.39 is 0 Å². The summed E-state index contributed by atoms with van der Waals surface area (Å²) in [5.74, 6) is 2.18. The average Bonchev–Trinajstić information content (AvgIpc) is 3.22. The van der Waals surface area contributed by atoms with Crippen LogP contribution in [0.15, 0.2) is 36.4 Å². The van der Waals surface area contributed by atoms with Gasteiger partial charge in [-0.3, -0.25) is 4.79 Å². The maximum atomic E-state index is 11.4. The van der Waals surface area contributed by atoms with Crippen molar-refractivity contribution in [3.8, 4) is 23.0 Å². The highest BCUT2D eigenvalue weighted by Crippen LogP contribution is 2.34. The Kier molecular flexibility index (Phi) is 7.41. The molecule has 3 rings (SSSR count). The summed E-state index contributed by atoms with van der Waals surface area (Å²) in [6, 6.07) is 11.5. The highest BCUT2D eigenvalue weighted by Gasteiger charge is 2.25. The largest absolute Gasteiger partial charge is 0.493 e. The van der Waals surface area contributed by atoms with Gasteiger partial charge in [-0.15, -0.1) is 0 Å². The van der Waals surface area contributed by atoms with Crippen LogP contribution in [0.4, 0.5) is 0 Å². The monoisotopic (exact) mass is 416 g/mol. The van der Waals surface area contributed by atoms with Gasteiger partial charge in [0, 0.05) is 19.4 Å². The number of rotatable bonds is 10. The molecular formula is C23H28O7. The number of hydrogen-bond donors (Lipinski definition) is 1. The minimum Gasteiger partial charge on any atom is -0.493 e. The van der Waals surface area contributed by atoms with Crippen molar-refractivity contribution in [1.82, 2.24) is 0 Å². The average molecular weight is 416 g/mol. The van der Waals surface area contributed by atoms with Gasteiger partial charge in [-0.05, 0) is 54.2 Å². The summed E-state index contributed by atoms with van der Waals surface area (Å²) >= 11 is 0. The van der Waals surface area contributed by atoms with Crippen LogP contribution in [-0.4, -0.2) is 45.3 Å². The fraction of sp³-hybridized carbons (Fsp3) is 0.435. The smallest absolute Gasteiger partial charge is 0.302 e. The number of carbonyl (C=O) groups excluding carboxylic acids is 1. The molecule has 2 aromatic carbocycles. The van der Waals surface area contributed by atoms with E-state index in [1.54, 1.807) is 14.2 Å². The lowest BCUT2D eigenvalue weighted by molar-refractivity contribution is -0.143. The summed E-state index contributed by atoms with van der Waals surface area (Å²) in [6.07, 6.45) is 1.23. The zero-order chi connectivity index (χ0) is 21.5. The molecule has 1 aliphatic rings. The maximum absolute atomic E-state index is 11.4. The molecule has 7 heteroatoms. The summed E-state index contributed by atoms with van der Waals surface area (Å²) in [5.41, 5.74) is 2.03. The molecular weight excluding hydrogens is 388 g/mol. The van der Waals surface area contributed by atoms with Crippen molar-refractivity contribution in [2.24, 2.45) is 11.8 Å². The third-order valence-corrected chi connectivity index (χ3v) is 5.28. The molecule has 2 unspecified atom stereocenters. The van der Waals surface area contributed by atoms with Crippen LogP contribution >= 0.6 is 0 Å². The Hall–Kier alpha value is -2.93. The second-order valence-electron chi connectivity index (χ2n) is 7.29. The molecule has 0 spiro atoms. The molecule has 162 valence electrons. The molecule has 0 saturated heterocycles. The summed E-state index contributed by atoms with van der Waals surface area (Å²) in [4.78, 5) is 11.4. The van der Waals surface area contributed by atoms with Crippen LogP contribution in [0.25, 0.3) is 0 Å². The van der Waals surface area contributed by atoms with E-state index in [1.165, 1.54) is 6.92 Å². The Morgan fingerprint density at radius 1 is 0.967 bits per heavy atom. The zero-order valence-corrected chi connectivity index (χ0v) is 17.6. The molecule has 2 aromatic rings. The van der Waals surface area contributed by atoms with E-state index in [9.17, 15) is 9.90 Å². The third-order valence-electron chi connectivity index (χ3n) is 5.28. The van der Waals surface area contributed by atoms with Gasteiger partial charge >= 0.3 is 5.97 Å². The quantitative estimate of drug-likeness (QED) is 0.596. The normalized spacial score (nSPS) is 14.1. The Bertz CT molecular complexity index is 865. The number of benzene rings is 2. The lowest BCUT2D eigenvalue weighted by Crippen LogP contribution is -2.28. The standard InChI is InChI=1S/C23H28O7/c1-15(25)28-13-19(9-17-4-6-20(26-2)22(10-17)27-3)18(12-24)8-16-5-7-21-23(11-16)30-14-29-21/h4-7,10-11,18-19,24H,8-9,12-14H2,1-3H3. The SMILES string of the molecule is COc1ccc(CC(COC(C)=O)C(CO)Cc2ccc3c(c2)OCO3)cc1OC. The molecule has 0 aliphatic carbocycles. The minimum absolute atomic E-state index is 0.0341. The fourth-order valence-corrected chi connectivity index (χ4v) is 3.65. The van der Waals surface area contributed by atoms with Crippen molar-refractivity contribution in [2.75, 3.05) is 34.2 Å². The number of methoxy groups -OCH3 is 2. The van der Waals surface area contributed by atoms with Gasteiger partial charge in [-0.2, -0.15) is 0 Å². The molecule has 0 radical (unpaired) electrons. The van der Waals surface area contributed by atoms with Gasteiger partial charge in [0.25, 0.3) is 0 Å². The van der Waals surface area contributed by atoms with Gasteiger partial charge in [0.2, 0.25) is 6.79 Å². The first-order valence-corrected chi connectivity index (χ1v) is 9.87. The number of ether oxygens (including phenoxy) is 5. The number of fused-ring (bicyclic) bond motifs is 1. The van der Waals surface area contributed by atoms with Crippen molar-refractivity contribution in [2.45, 2.75) is 19.8 Å². The molecule has 0 amide bonds. The Balaban J connectivity index is 1.79. The molecule has 1 N–H and O–H groups in total. The molecule has 0 bridgehead atoms. The van der Waals surface area contributed by atoms with E-state index in [2.05, 4.69) is 0 Å². The summed E-state index contributed by atoms with van der Waals surface area (Å²) in [5, 5.41) is 10.1. The Morgan fingerprint density at radius 3 is 2.33 bits per heavy atom. The van der Waals surface area contributed by atoms with Crippen LogP contribution in [0.2, 0.25) is 0 Å². The molecule has 1 aliphatic heterocycles. The Morgan fingerprint density at radius 2 is 1.63 bits per heavy atom. The highest BCUT2D eigenvalue weighted by atomic mass is 16.7. The number of carbonyl (C=O) groups is 1. The van der Waals surface area contributed by atoms with Gasteiger partial charge in [-0.1, -0.05) is 12.1 Å².